The topological polar surface area (TPSA) is 106 Å². The number of carbonyl (C=O) groups is 1. The first-order chi connectivity index (χ1) is 18.0. The minimum Gasteiger partial charge on any atom is -0.371 e. The van der Waals surface area contributed by atoms with Gasteiger partial charge in [0.15, 0.2) is 0 Å². The normalized spacial score (nSPS) is 13.6. The molecule has 1 N–H and O–H groups in total. The van der Waals surface area contributed by atoms with Gasteiger partial charge >= 0.3 is 0 Å². The van der Waals surface area contributed by atoms with E-state index in [9.17, 15) is 14.9 Å². The summed E-state index contributed by atoms with van der Waals surface area (Å²) in [6.07, 6.45) is 6.59. The molecule has 0 saturated carbocycles. The molecule has 1 aromatic heterocycles. The highest BCUT2D eigenvalue weighted by molar-refractivity contribution is 6.09. The lowest BCUT2D eigenvalue weighted by Gasteiger charge is -2.30. The monoisotopic (exact) mass is 498 g/mol. The Morgan fingerprint density at radius 1 is 0.973 bits per heavy atom. The fourth-order valence-corrected chi connectivity index (χ4v) is 4.71. The SMILES string of the molecule is CCCCc1ccc(-n2nc3ccc(NC(=O)c4cc([N+](=O)[O-])ccc4N4CCCCC4)cc3n2)cc1. The predicted octanol–water partition coefficient (Wildman–Crippen LogP) is 5.91. The number of amides is 1. The number of benzene rings is 3. The summed E-state index contributed by atoms with van der Waals surface area (Å²) in [5, 5.41) is 23.5. The molecule has 0 spiro atoms. The lowest BCUT2D eigenvalue weighted by molar-refractivity contribution is -0.384. The maximum absolute atomic E-state index is 13.3. The molecule has 0 bridgehead atoms. The van der Waals surface area contributed by atoms with E-state index in [0.29, 0.717) is 22.3 Å². The van der Waals surface area contributed by atoms with Crippen molar-refractivity contribution in [1.29, 1.82) is 0 Å². The number of unbranched alkanes of at least 4 members (excludes halogenated alkanes) is 1. The summed E-state index contributed by atoms with van der Waals surface area (Å²) in [6, 6.07) is 18.1. The summed E-state index contributed by atoms with van der Waals surface area (Å²) < 4.78 is 0. The standard InChI is InChI=1S/C28H30N6O3/c1-2-3-7-20-8-11-22(12-9-20)33-30-25-14-10-21(18-26(25)31-33)29-28(35)24-19-23(34(36)37)13-15-27(24)32-16-5-4-6-17-32/h8-15,18-19H,2-7,16-17H2,1H3,(H,29,35). The van der Waals surface area contributed by atoms with Crippen molar-refractivity contribution in [2.75, 3.05) is 23.3 Å². The van der Waals surface area contributed by atoms with E-state index >= 15 is 0 Å². The van der Waals surface area contributed by atoms with Gasteiger partial charge in [-0.25, -0.2) is 0 Å². The smallest absolute Gasteiger partial charge is 0.270 e. The Balaban J connectivity index is 1.38. The van der Waals surface area contributed by atoms with Crippen molar-refractivity contribution in [2.24, 2.45) is 0 Å². The molecule has 190 valence electrons. The average Bonchev–Trinajstić information content (AvgIpc) is 3.36. The molecule has 1 aliphatic rings. The number of non-ortho nitro benzene ring substituents is 1. The van der Waals surface area contributed by atoms with Crippen LogP contribution in [-0.4, -0.2) is 38.9 Å². The molecule has 0 unspecified atom stereocenters. The van der Waals surface area contributed by atoms with Gasteiger partial charge in [0.05, 0.1) is 21.9 Å². The number of piperidine rings is 1. The number of aromatic nitrogens is 3. The molecule has 1 fully saturated rings. The maximum atomic E-state index is 13.3. The third-order valence-corrected chi connectivity index (χ3v) is 6.76. The molecule has 37 heavy (non-hydrogen) atoms. The van der Waals surface area contributed by atoms with Crippen molar-refractivity contribution in [3.05, 3.63) is 81.9 Å². The van der Waals surface area contributed by atoms with Crippen LogP contribution in [0.4, 0.5) is 17.1 Å². The van der Waals surface area contributed by atoms with Crippen LogP contribution >= 0.6 is 0 Å². The lowest BCUT2D eigenvalue weighted by Crippen LogP contribution is -2.31. The second-order valence-electron chi connectivity index (χ2n) is 9.42. The second-order valence-corrected chi connectivity index (χ2v) is 9.42. The highest BCUT2D eigenvalue weighted by Gasteiger charge is 2.22. The predicted molar refractivity (Wildman–Crippen MR) is 145 cm³/mol. The first-order valence-corrected chi connectivity index (χ1v) is 12.8. The Morgan fingerprint density at radius 3 is 2.46 bits per heavy atom. The number of nitrogens with one attached hydrogen (secondary N) is 1. The number of nitro groups is 1. The van der Waals surface area contributed by atoms with Crippen LogP contribution in [0.25, 0.3) is 16.7 Å². The van der Waals surface area contributed by atoms with E-state index < -0.39 is 10.8 Å². The highest BCUT2D eigenvalue weighted by atomic mass is 16.6. The Kier molecular flexibility index (Phi) is 7.11. The summed E-state index contributed by atoms with van der Waals surface area (Å²) in [7, 11) is 0. The summed E-state index contributed by atoms with van der Waals surface area (Å²) in [6.45, 7) is 3.83. The van der Waals surface area contributed by atoms with E-state index in [-0.39, 0.29) is 5.69 Å². The van der Waals surface area contributed by atoms with Crippen LogP contribution in [0, 0.1) is 10.1 Å². The largest absolute Gasteiger partial charge is 0.371 e. The molecule has 5 rings (SSSR count). The van der Waals surface area contributed by atoms with Crippen LogP contribution in [0.3, 0.4) is 0 Å². The van der Waals surface area contributed by atoms with Gasteiger partial charge in [-0.3, -0.25) is 14.9 Å². The number of carbonyl (C=O) groups excluding carboxylic acids is 1. The number of rotatable bonds is 8. The highest BCUT2D eigenvalue weighted by Crippen LogP contribution is 2.29. The molecule has 9 nitrogen and oxygen atoms in total. The van der Waals surface area contributed by atoms with Gasteiger partial charge < -0.3 is 10.2 Å². The van der Waals surface area contributed by atoms with Crippen LogP contribution in [0.5, 0.6) is 0 Å². The summed E-state index contributed by atoms with van der Waals surface area (Å²) in [5.41, 5.74) is 4.96. The van der Waals surface area contributed by atoms with E-state index in [1.807, 2.05) is 18.2 Å². The number of anilines is 2. The van der Waals surface area contributed by atoms with Crippen LogP contribution in [0.1, 0.15) is 54.9 Å². The molecular weight excluding hydrogens is 468 g/mol. The average molecular weight is 499 g/mol. The zero-order chi connectivity index (χ0) is 25.8. The Bertz CT molecular complexity index is 1420. The first-order valence-electron chi connectivity index (χ1n) is 12.8. The van der Waals surface area contributed by atoms with Gasteiger partial charge in [-0.1, -0.05) is 25.5 Å². The van der Waals surface area contributed by atoms with Gasteiger partial charge in [-0.2, -0.15) is 4.80 Å². The van der Waals surface area contributed by atoms with Gasteiger partial charge in [0.1, 0.15) is 11.0 Å². The number of hydrogen-bond acceptors (Lipinski definition) is 6. The first kappa shape index (κ1) is 24.4. The summed E-state index contributed by atoms with van der Waals surface area (Å²) in [5.74, 6) is -0.390. The summed E-state index contributed by atoms with van der Waals surface area (Å²) >= 11 is 0. The number of hydrogen-bond donors (Lipinski definition) is 1. The molecule has 0 atom stereocenters. The van der Waals surface area contributed by atoms with Crippen LogP contribution in [0.2, 0.25) is 0 Å². The van der Waals surface area contributed by atoms with E-state index in [4.69, 9.17) is 0 Å². The minimum atomic E-state index is -0.475. The van der Waals surface area contributed by atoms with Crippen LogP contribution in [0.15, 0.2) is 60.7 Å². The van der Waals surface area contributed by atoms with Crippen LogP contribution in [-0.2, 0) is 6.42 Å². The lowest BCUT2D eigenvalue weighted by atomic mass is 10.1. The van der Waals surface area contributed by atoms with E-state index in [1.165, 1.54) is 17.7 Å². The quantitative estimate of drug-likeness (QED) is 0.239. The zero-order valence-electron chi connectivity index (χ0n) is 20.9. The van der Waals surface area contributed by atoms with Crippen molar-refractivity contribution in [3.8, 4) is 5.69 Å². The third kappa shape index (κ3) is 5.45. The molecule has 9 heteroatoms. The van der Waals surface area contributed by atoms with Crippen molar-refractivity contribution in [2.45, 2.75) is 45.4 Å². The van der Waals surface area contributed by atoms with Crippen molar-refractivity contribution < 1.29 is 9.72 Å². The van der Waals surface area contributed by atoms with Crippen LogP contribution < -0.4 is 10.2 Å². The fraction of sp³-hybridized carbons (Fsp3) is 0.321. The number of nitro benzene ring substituents is 1. The molecule has 1 amide bonds. The maximum Gasteiger partial charge on any atom is 0.270 e. The van der Waals surface area contributed by atoms with Crippen molar-refractivity contribution >= 4 is 34.0 Å². The Hall–Kier alpha value is -4.27. The van der Waals surface area contributed by atoms with Crippen molar-refractivity contribution in [1.82, 2.24) is 15.0 Å². The molecular formula is C28H30N6O3. The van der Waals surface area contributed by atoms with Gasteiger partial charge in [0.25, 0.3) is 11.6 Å². The van der Waals surface area contributed by atoms with Gasteiger partial charge in [0.2, 0.25) is 0 Å². The molecule has 1 aliphatic heterocycles. The second kappa shape index (κ2) is 10.8. The van der Waals surface area contributed by atoms with Gasteiger partial charge in [0, 0.05) is 30.9 Å². The van der Waals surface area contributed by atoms with E-state index in [0.717, 1.165) is 63.0 Å². The number of fused-ring (bicyclic) bond motifs is 1. The van der Waals surface area contributed by atoms with Gasteiger partial charge in [-0.15, -0.1) is 10.2 Å². The molecule has 0 aliphatic carbocycles. The Morgan fingerprint density at radius 2 is 1.73 bits per heavy atom. The zero-order valence-corrected chi connectivity index (χ0v) is 20.9. The van der Waals surface area contributed by atoms with E-state index in [1.54, 1.807) is 23.0 Å². The van der Waals surface area contributed by atoms with E-state index in [2.05, 4.69) is 39.5 Å². The third-order valence-electron chi connectivity index (χ3n) is 6.76. The van der Waals surface area contributed by atoms with Crippen molar-refractivity contribution in [3.63, 3.8) is 0 Å². The summed E-state index contributed by atoms with van der Waals surface area (Å²) in [4.78, 5) is 28.0. The molecule has 0 radical (unpaired) electrons. The fourth-order valence-electron chi connectivity index (χ4n) is 4.71. The minimum absolute atomic E-state index is 0.106. The number of aryl methyl sites for hydroxylation is 1. The Labute approximate surface area is 215 Å². The van der Waals surface area contributed by atoms with Gasteiger partial charge in [-0.05, 0) is 74.1 Å². The molecule has 1 saturated heterocycles. The molecule has 2 heterocycles. The number of nitrogens with zero attached hydrogens (tertiary/aromatic N) is 5. The molecule has 4 aromatic rings. The molecule has 3 aromatic carbocycles.